The molecule has 0 aromatic heterocycles. The summed E-state index contributed by atoms with van der Waals surface area (Å²) in [4.78, 5) is 25.2. The average Bonchev–Trinajstić information content (AvgIpc) is 2.63. The van der Waals surface area contributed by atoms with E-state index in [1.165, 1.54) is 16.7 Å². The summed E-state index contributed by atoms with van der Waals surface area (Å²) in [7, 11) is 0. The lowest BCUT2D eigenvalue weighted by Gasteiger charge is -2.14. The van der Waals surface area contributed by atoms with Crippen LogP contribution >= 0.6 is 11.8 Å². The van der Waals surface area contributed by atoms with Gasteiger partial charge in [0.15, 0.2) is 0 Å². The van der Waals surface area contributed by atoms with Crippen molar-refractivity contribution >= 4 is 29.3 Å². The van der Waals surface area contributed by atoms with Gasteiger partial charge in [0.05, 0.1) is 17.5 Å². The normalized spacial score (nSPS) is 19.7. The molecule has 2 amide bonds. The predicted molar refractivity (Wildman–Crippen MR) is 71.6 cm³/mol. The number of aliphatic hydroxyl groups excluding tert-OH is 1. The molecule has 1 heterocycles. The zero-order chi connectivity index (χ0) is 13.1. The molecule has 0 unspecified atom stereocenters. The summed E-state index contributed by atoms with van der Waals surface area (Å²) >= 11 is 1.34. The van der Waals surface area contributed by atoms with E-state index in [1.807, 2.05) is 19.1 Å². The van der Waals surface area contributed by atoms with Crippen LogP contribution < -0.4 is 4.90 Å². The van der Waals surface area contributed by atoms with E-state index in [2.05, 4.69) is 0 Å². The van der Waals surface area contributed by atoms with Crippen LogP contribution in [0, 0.1) is 6.92 Å². The van der Waals surface area contributed by atoms with Gasteiger partial charge in [-0.25, -0.2) is 4.90 Å². The number of hydrogen-bond acceptors (Lipinski definition) is 4. The van der Waals surface area contributed by atoms with Crippen molar-refractivity contribution in [3.8, 4) is 0 Å². The third-order valence-corrected chi connectivity index (χ3v) is 4.00. The number of benzene rings is 1. The molecular formula is C13H15NO3S. The molecule has 0 saturated carbocycles. The first kappa shape index (κ1) is 13.1. The number of aryl methyl sites for hydroxylation is 1. The molecule has 0 aliphatic carbocycles. The Hall–Kier alpha value is -1.33. The highest BCUT2D eigenvalue weighted by Crippen LogP contribution is 2.29. The predicted octanol–water partition coefficient (Wildman–Crippen LogP) is 1.35. The van der Waals surface area contributed by atoms with Crippen LogP contribution in [-0.2, 0) is 9.59 Å². The number of nitrogens with zero attached hydrogens (tertiary/aromatic N) is 1. The molecule has 0 spiro atoms. The lowest BCUT2D eigenvalue weighted by molar-refractivity contribution is -0.121. The Morgan fingerprint density at radius 3 is 2.61 bits per heavy atom. The van der Waals surface area contributed by atoms with Crippen molar-refractivity contribution in [1.82, 2.24) is 0 Å². The number of rotatable bonds is 4. The van der Waals surface area contributed by atoms with E-state index in [-0.39, 0.29) is 30.1 Å². The first-order chi connectivity index (χ1) is 8.63. The molecule has 96 valence electrons. The maximum absolute atomic E-state index is 12.1. The first-order valence-corrected chi connectivity index (χ1v) is 6.84. The molecule has 1 aliphatic heterocycles. The van der Waals surface area contributed by atoms with Crippen molar-refractivity contribution in [3.05, 3.63) is 29.8 Å². The summed E-state index contributed by atoms with van der Waals surface area (Å²) in [5.74, 6) is 0.132. The molecule has 18 heavy (non-hydrogen) atoms. The van der Waals surface area contributed by atoms with Crippen molar-refractivity contribution in [2.75, 3.05) is 17.3 Å². The fourth-order valence-corrected chi connectivity index (χ4v) is 2.79. The maximum Gasteiger partial charge on any atom is 0.247 e. The number of amides is 2. The third-order valence-electron chi connectivity index (χ3n) is 2.81. The van der Waals surface area contributed by atoms with Gasteiger partial charge in [0, 0.05) is 12.2 Å². The SMILES string of the molecule is Cc1ccc(N2C(=O)C[C@H](SCCO)C2=O)cc1. The van der Waals surface area contributed by atoms with Crippen LogP contribution in [0.1, 0.15) is 12.0 Å². The summed E-state index contributed by atoms with van der Waals surface area (Å²) in [5, 5.41) is 8.41. The van der Waals surface area contributed by atoms with E-state index in [0.717, 1.165) is 5.56 Å². The second-order valence-electron chi connectivity index (χ2n) is 4.19. The highest BCUT2D eigenvalue weighted by molar-refractivity contribution is 8.00. The molecule has 0 bridgehead atoms. The molecule has 4 nitrogen and oxygen atoms in total. The number of anilines is 1. The van der Waals surface area contributed by atoms with Crippen LogP contribution in [0.4, 0.5) is 5.69 Å². The number of thioether (sulfide) groups is 1. The Labute approximate surface area is 110 Å². The van der Waals surface area contributed by atoms with E-state index >= 15 is 0 Å². The first-order valence-electron chi connectivity index (χ1n) is 5.79. The van der Waals surface area contributed by atoms with Crippen LogP contribution in [0.5, 0.6) is 0 Å². The summed E-state index contributed by atoms with van der Waals surface area (Å²) in [5.41, 5.74) is 1.71. The largest absolute Gasteiger partial charge is 0.396 e. The quantitative estimate of drug-likeness (QED) is 0.835. The Morgan fingerprint density at radius 2 is 2.00 bits per heavy atom. The third kappa shape index (κ3) is 2.57. The van der Waals surface area contributed by atoms with Crippen molar-refractivity contribution in [1.29, 1.82) is 0 Å². The molecule has 1 N–H and O–H groups in total. The van der Waals surface area contributed by atoms with Gasteiger partial charge in [-0.2, -0.15) is 0 Å². The van der Waals surface area contributed by atoms with Crippen LogP contribution in [0.3, 0.4) is 0 Å². The molecule has 0 radical (unpaired) electrons. The number of hydrogen-bond donors (Lipinski definition) is 1. The van der Waals surface area contributed by atoms with Crippen molar-refractivity contribution in [3.63, 3.8) is 0 Å². The van der Waals surface area contributed by atoms with Gasteiger partial charge in [-0.3, -0.25) is 9.59 Å². The molecule has 1 aromatic rings. The molecule has 1 aromatic carbocycles. The molecule has 5 heteroatoms. The van der Waals surface area contributed by atoms with Crippen LogP contribution in [0.2, 0.25) is 0 Å². The van der Waals surface area contributed by atoms with Crippen molar-refractivity contribution in [2.24, 2.45) is 0 Å². The fourth-order valence-electron chi connectivity index (χ4n) is 1.89. The monoisotopic (exact) mass is 265 g/mol. The van der Waals surface area contributed by atoms with Crippen LogP contribution in [-0.4, -0.2) is 34.5 Å². The van der Waals surface area contributed by atoms with Crippen molar-refractivity contribution < 1.29 is 14.7 Å². The molecule has 1 saturated heterocycles. The zero-order valence-electron chi connectivity index (χ0n) is 10.1. The Kier molecular flexibility index (Phi) is 4.04. The topological polar surface area (TPSA) is 57.6 Å². The van der Waals surface area contributed by atoms with Gasteiger partial charge in [0.2, 0.25) is 11.8 Å². The smallest absolute Gasteiger partial charge is 0.247 e. The summed E-state index contributed by atoms with van der Waals surface area (Å²) < 4.78 is 0. The van der Waals surface area contributed by atoms with E-state index in [4.69, 9.17) is 5.11 Å². The van der Waals surface area contributed by atoms with E-state index in [1.54, 1.807) is 12.1 Å². The Morgan fingerprint density at radius 1 is 1.33 bits per heavy atom. The zero-order valence-corrected chi connectivity index (χ0v) is 10.9. The molecule has 1 aliphatic rings. The summed E-state index contributed by atoms with van der Waals surface area (Å²) in [6, 6.07) is 7.32. The Balaban J connectivity index is 2.16. The second kappa shape index (κ2) is 5.54. The van der Waals surface area contributed by atoms with E-state index < -0.39 is 0 Å². The fraction of sp³-hybridized carbons (Fsp3) is 0.385. The standard InChI is InChI=1S/C13H15NO3S/c1-9-2-4-10(5-3-9)14-12(16)8-11(13(14)17)18-7-6-15/h2-5,11,15H,6-8H2,1H3/t11-/m0/s1. The minimum Gasteiger partial charge on any atom is -0.396 e. The number of carbonyl (C=O) groups is 2. The summed E-state index contributed by atoms with van der Waals surface area (Å²) in [6.45, 7) is 1.98. The van der Waals surface area contributed by atoms with Crippen LogP contribution in [0.15, 0.2) is 24.3 Å². The molecule has 1 atom stereocenters. The number of aliphatic hydroxyl groups is 1. The van der Waals surface area contributed by atoms with Crippen LogP contribution in [0.25, 0.3) is 0 Å². The molecule has 1 fully saturated rings. The van der Waals surface area contributed by atoms with E-state index in [9.17, 15) is 9.59 Å². The molecular weight excluding hydrogens is 250 g/mol. The van der Waals surface area contributed by atoms with Gasteiger partial charge in [0.1, 0.15) is 0 Å². The van der Waals surface area contributed by atoms with Gasteiger partial charge in [0.25, 0.3) is 0 Å². The van der Waals surface area contributed by atoms with Gasteiger partial charge >= 0.3 is 0 Å². The highest BCUT2D eigenvalue weighted by atomic mass is 32.2. The lowest BCUT2D eigenvalue weighted by Crippen LogP contribution is -2.31. The van der Waals surface area contributed by atoms with Gasteiger partial charge in [-0.15, -0.1) is 11.8 Å². The number of imide groups is 1. The second-order valence-corrected chi connectivity index (χ2v) is 5.50. The van der Waals surface area contributed by atoms with E-state index in [0.29, 0.717) is 11.4 Å². The van der Waals surface area contributed by atoms with Crippen molar-refractivity contribution in [2.45, 2.75) is 18.6 Å². The average molecular weight is 265 g/mol. The number of carbonyl (C=O) groups excluding carboxylic acids is 2. The lowest BCUT2D eigenvalue weighted by atomic mass is 10.2. The van der Waals surface area contributed by atoms with Gasteiger partial charge in [-0.05, 0) is 19.1 Å². The minimum atomic E-state index is -0.356. The van der Waals surface area contributed by atoms with Gasteiger partial charge < -0.3 is 5.11 Å². The summed E-state index contributed by atoms with van der Waals surface area (Å²) in [6.07, 6.45) is 0.220. The highest BCUT2D eigenvalue weighted by Gasteiger charge is 2.39. The van der Waals surface area contributed by atoms with Gasteiger partial charge in [-0.1, -0.05) is 17.7 Å². The maximum atomic E-state index is 12.1. The Bertz CT molecular complexity index is 458. The minimum absolute atomic E-state index is 0.0210. The molecule has 2 rings (SSSR count).